The summed E-state index contributed by atoms with van der Waals surface area (Å²) in [6.07, 6.45) is 3.45. The van der Waals surface area contributed by atoms with Gasteiger partial charge in [-0.2, -0.15) is 5.10 Å². The van der Waals surface area contributed by atoms with Crippen LogP contribution >= 0.6 is 0 Å². The number of hydrogen-bond acceptors (Lipinski definition) is 3. The highest BCUT2D eigenvalue weighted by Crippen LogP contribution is 2.09. The highest BCUT2D eigenvalue weighted by molar-refractivity contribution is 5.97. The van der Waals surface area contributed by atoms with Crippen LogP contribution in [-0.2, 0) is 0 Å². The van der Waals surface area contributed by atoms with Crippen molar-refractivity contribution in [1.82, 2.24) is 14.8 Å². The monoisotopic (exact) mass is 201 g/mol. The van der Waals surface area contributed by atoms with Crippen molar-refractivity contribution in [1.29, 1.82) is 5.41 Å². The molecule has 0 unspecified atom stereocenters. The number of amidine groups is 1. The molecule has 76 valence electrons. The third-order valence-electron chi connectivity index (χ3n) is 2.02. The molecule has 2 heterocycles. The van der Waals surface area contributed by atoms with Crippen molar-refractivity contribution in [3.8, 4) is 5.82 Å². The zero-order valence-electron chi connectivity index (χ0n) is 8.31. The smallest absolute Gasteiger partial charge is 0.164 e. The van der Waals surface area contributed by atoms with E-state index in [1.165, 1.54) is 0 Å². The molecule has 0 saturated heterocycles. The standard InChI is InChI=1S/C10H11N5/c1-7-4-6-15(14-7)10-8(9(11)12)3-2-5-13-10/h2-6H,1H3,(H3,11,12). The van der Waals surface area contributed by atoms with Crippen molar-refractivity contribution in [2.45, 2.75) is 6.92 Å². The molecule has 5 nitrogen and oxygen atoms in total. The minimum absolute atomic E-state index is 0.00810. The summed E-state index contributed by atoms with van der Waals surface area (Å²) in [7, 11) is 0. The Balaban J connectivity index is 2.57. The van der Waals surface area contributed by atoms with Gasteiger partial charge in [-0.25, -0.2) is 9.67 Å². The molecule has 0 aliphatic rings. The van der Waals surface area contributed by atoms with E-state index >= 15 is 0 Å². The van der Waals surface area contributed by atoms with Crippen molar-refractivity contribution in [3.63, 3.8) is 0 Å². The molecular weight excluding hydrogens is 190 g/mol. The first-order chi connectivity index (χ1) is 7.18. The second-order valence-electron chi connectivity index (χ2n) is 3.19. The van der Waals surface area contributed by atoms with Gasteiger partial charge in [-0.15, -0.1) is 0 Å². The van der Waals surface area contributed by atoms with E-state index in [1.54, 1.807) is 29.2 Å². The first-order valence-corrected chi connectivity index (χ1v) is 4.50. The molecule has 0 saturated carbocycles. The Morgan fingerprint density at radius 2 is 2.27 bits per heavy atom. The summed E-state index contributed by atoms with van der Waals surface area (Å²) in [4.78, 5) is 4.16. The van der Waals surface area contributed by atoms with Gasteiger partial charge >= 0.3 is 0 Å². The molecule has 2 aromatic rings. The van der Waals surface area contributed by atoms with Crippen LogP contribution in [0.5, 0.6) is 0 Å². The lowest BCUT2D eigenvalue weighted by molar-refractivity contribution is 0.830. The second kappa shape index (κ2) is 3.53. The normalized spacial score (nSPS) is 10.2. The third-order valence-corrected chi connectivity index (χ3v) is 2.02. The van der Waals surface area contributed by atoms with Gasteiger partial charge in [0.05, 0.1) is 11.3 Å². The van der Waals surface area contributed by atoms with Crippen molar-refractivity contribution in [3.05, 3.63) is 41.9 Å². The van der Waals surface area contributed by atoms with Crippen molar-refractivity contribution in [2.24, 2.45) is 5.73 Å². The molecule has 0 bridgehead atoms. The van der Waals surface area contributed by atoms with E-state index in [2.05, 4.69) is 10.1 Å². The Labute approximate surface area is 87.1 Å². The van der Waals surface area contributed by atoms with Crippen LogP contribution in [0.1, 0.15) is 11.3 Å². The number of nitrogens with one attached hydrogen (secondary N) is 1. The van der Waals surface area contributed by atoms with Gasteiger partial charge in [0.1, 0.15) is 5.84 Å². The summed E-state index contributed by atoms with van der Waals surface area (Å²) >= 11 is 0. The average Bonchev–Trinajstić information content (AvgIpc) is 2.65. The quantitative estimate of drug-likeness (QED) is 0.558. The molecule has 5 heteroatoms. The van der Waals surface area contributed by atoms with Gasteiger partial charge in [0.25, 0.3) is 0 Å². The zero-order chi connectivity index (χ0) is 10.8. The zero-order valence-corrected chi connectivity index (χ0v) is 8.31. The summed E-state index contributed by atoms with van der Waals surface area (Å²) in [5.74, 6) is 0.573. The fourth-order valence-electron chi connectivity index (χ4n) is 1.32. The number of aryl methyl sites for hydroxylation is 1. The van der Waals surface area contributed by atoms with Crippen LogP contribution in [0.4, 0.5) is 0 Å². The SMILES string of the molecule is Cc1ccn(-c2ncccc2C(=N)N)n1. The van der Waals surface area contributed by atoms with Crippen LogP contribution < -0.4 is 5.73 Å². The van der Waals surface area contributed by atoms with E-state index in [9.17, 15) is 0 Å². The van der Waals surface area contributed by atoms with Gasteiger partial charge in [0.2, 0.25) is 0 Å². The van der Waals surface area contributed by atoms with Crippen LogP contribution in [0, 0.1) is 12.3 Å². The van der Waals surface area contributed by atoms with Crippen molar-refractivity contribution >= 4 is 5.84 Å². The van der Waals surface area contributed by atoms with Gasteiger partial charge in [0.15, 0.2) is 5.82 Å². The maximum Gasteiger partial charge on any atom is 0.164 e. The number of rotatable bonds is 2. The number of nitrogens with zero attached hydrogens (tertiary/aromatic N) is 3. The number of aromatic nitrogens is 3. The van der Waals surface area contributed by atoms with Crippen LogP contribution in [0.2, 0.25) is 0 Å². The third kappa shape index (κ3) is 1.71. The summed E-state index contributed by atoms with van der Waals surface area (Å²) in [5.41, 5.74) is 6.94. The van der Waals surface area contributed by atoms with E-state index in [4.69, 9.17) is 11.1 Å². The molecule has 0 fully saturated rings. The fraction of sp³-hybridized carbons (Fsp3) is 0.100. The van der Waals surface area contributed by atoms with Crippen molar-refractivity contribution in [2.75, 3.05) is 0 Å². The predicted molar refractivity (Wildman–Crippen MR) is 57.1 cm³/mol. The van der Waals surface area contributed by atoms with E-state index < -0.39 is 0 Å². The molecule has 0 aliphatic heterocycles. The number of pyridine rings is 1. The molecule has 0 atom stereocenters. The molecule has 0 aromatic carbocycles. The van der Waals surface area contributed by atoms with Crippen LogP contribution in [0.25, 0.3) is 5.82 Å². The minimum atomic E-state index is -0.00810. The lowest BCUT2D eigenvalue weighted by atomic mass is 10.2. The highest BCUT2D eigenvalue weighted by Gasteiger charge is 2.08. The molecular formula is C10H11N5. The minimum Gasteiger partial charge on any atom is -0.384 e. The second-order valence-corrected chi connectivity index (χ2v) is 3.19. The fourth-order valence-corrected chi connectivity index (χ4v) is 1.32. The Morgan fingerprint density at radius 1 is 1.47 bits per heavy atom. The largest absolute Gasteiger partial charge is 0.384 e. The average molecular weight is 201 g/mol. The molecule has 3 N–H and O–H groups in total. The molecule has 0 spiro atoms. The Morgan fingerprint density at radius 3 is 2.87 bits per heavy atom. The first kappa shape index (κ1) is 9.39. The van der Waals surface area contributed by atoms with Crippen molar-refractivity contribution < 1.29 is 0 Å². The number of nitrogens with two attached hydrogens (primary N) is 1. The van der Waals surface area contributed by atoms with Crippen LogP contribution in [0.3, 0.4) is 0 Å². The Hall–Kier alpha value is -2.17. The van der Waals surface area contributed by atoms with Gasteiger partial charge in [-0.3, -0.25) is 5.41 Å². The summed E-state index contributed by atoms with van der Waals surface area (Å²) in [6.45, 7) is 1.90. The van der Waals surface area contributed by atoms with Gasteiger partial charge < -0.3 is 5.73 Å². The Bertz CT molecular complexity index is 500. The van der Waals surface area contributed by atoms with E-state index in [0.717, 1.165) is 5.69 Å². The summed E-state index contributed by atoms with van der Waals surface area (Å²) in [5, 5.41) is 11.7. The van der Waals surface area contributed by atoms with Crippen LogP contribution in [0.15, 0.2) is 30.6 Å². The maximum absolute atomic E-state index is 7.43. The van der Waals surface area contributed by atoms with E-state index in [0.29, 0.717) is 11.4 Å². The predicted octanol–water partition coefficient (Wildman–Crippen LogP) is 0.860. The molecule has 2 aromatic heterocycles. The lowest BCUT2D eigenvalue weighted by Gasteiger charge is -2.05. The molecule has 0 radical (unpaired) electrons. The maximum atomic E-state index is 7.43. The number of nitrogen functional groups attached to an aromatic ring is 1. The van der Waals surface area contributed by atoms with E-state index in [-0.39, 0.29) is 5.84 Å². The Kier molecular flexibility index (Phi) is 2.21. The van der Waals surface area contributed by atoms with E-state index in [1.807, 2.05) is 13.0 Å². The molecule has 2 rings (SSSR count). The molecule has 15 heavy (non-hydrogen) atoms. The van der Waals surface area contributed by atoms with Gasteiger partial charge in [-0.1, -0.05) is 0 Å². The van der Waals surface area contributed by atoms with Gasteiger partial charge in [-0.05, 0) is 25.1 Å². The summed E-state index contributed by atoms with van der Waals surface area (Å²) < 4.78 is 1.62. The van der Waals surface area contributed by atoms with Gasteiger partial charge in [0, 0.05) is 12.4 Å². The lowest BCUT2D eigenvalue weighted by Crippen LogP contribution is -2.16. The highest BCUT2D eigenvalue weighted by atomic mass is 15.3. The summed E-state index contributed by atoms with van der Waals surface area (Å²) in [6, 6.07) is 5.37. The first-order valence-electron chi connectivity index (χ1n) is 4.50. The number of hydrogen-bond donors (Lipinski definition) is 2. The van der Waals surface area contributed by atoms with Crippen LogP contribution in [-0.4, -0.2) is 20.6 Å². The molecule has 0 amide bonds. The molecule has 0 aliphatic carbocycles. The topological polar surface area (TPSA) is 80.6 Å².